The van der Waals surface area contributed by atoms with Crippen molar-refractivity contribution >= 4 is 29.1 Å². The number of amidine groups is 1. The van der Waals surface area contributed by atoms with E-state index in [4.69, 9.17) is 22.1 Å². The van der Waals surface area contributed by atoms with E-state index in [1.165, 1.54) is 20.3 Å². The number of carbonyl (C=O) groups is 1. The van der Waals surface area contributed by atoms with Gasteiger partial charge < -0.3 is 15.2 Å². The first kappa shape index (κ1) is 13.3. The summed E-state index contributed by atoms with van der Waals surface area (Å²) >= 11 is 5.53. The largest absolute Gasteiger partial charge is 0.494 e. The third-order valence-electron chi connectivity index (χ3n) is 2.00. The van der Waals surface area contributed by atoms with Crippen molar-refractivity contribution in [3.05, 3.63) is 23.8 Å². The highest BCUT2D eigenvalue weighted by molar-refractivity contribution is 6.28. The molecule has 0 aliphatic rings. The number of ether oxygens (including phenoxy) is 2. The molecule has 0 heterocycles. The second-order valence-electron chi connectivity index (χ2n) is 3.11. The molecule has 0 bridgehead atoms. The lowest BCUT2D eigenvalue weighted by atomic mass is 10.2. The fourth-order valence-electron chi connectivity index (χ4n) is 1.20. The zero-order valence-corrected chi connectivity index (χ0v) is 10.3. The number of carbonyl (C=O) groups excluding carboxylic acids is 1. The molecular formula is C11H13ClN2O3. The number of methoxy groups -OCH3 is 2. The molecule has 17 heavy (non-hydrogen) atoms. The fourth-order valence-corrected chi connectivity index (χ4v) is 1.26. The van der Waals surface area contributed by atoms with E-state index in [2.05, 4.69) is 9.73 Å². The van der Waals surface area contributed by atoms with Crippen molar-refractivity contribution in [2.75, 3.05) is 20.1 Å². The highest BCUT2D eigenvalue weighted by Crippen LogP contribution is 2.28. The van der Waals surface area contributed by atoms with Gasteiger partial charge in [-0.05, 0) is 18.2 Å². The predicted molar refractivity (Wildman–Crippen MR) is 66.3 cm³/mol. The van der Waals surface area contributed by atoms with Crippen LogP contribution >= 0.6 is 11.6 Å². The van der Waals surface area contributed by atoms with E-state index in [0.717, 1.165) is 0 Å². The maximum Gasteiger partial charge on any atom is 0.337 e. The predicted octanol–water partition coefficient (Wildman–Crippen LogP) is 1.71. The summed E-state index contributed by atoms with van der Waals surface area (Å²) in [5.74, 6) is 0.392. The Morgan fingerprint density at radius 1 is 1.47 bits per heavy atom. The molecule has 1 rings (SSSR count). The molecule has 2 N–H and O–H groups in total. The van der Waals surface area contributed by atoms with E-state index in [1.807, 2.05) is 0 Å². The molecule has 0 amide bonds. The number of nitrogens with two attached hydrogens (primary N) is 1. The van der Waals surface area contributed by atoms with Crippen LogP contribution in [0.25, 0.3) is 0 Å². The minimum Gasteiger partial charge on any atom is -0.494 e. The molecule has 1 aromatic rings. The SMILES string of the molecule is COC(=O)c1ccc(N=C(N)CCl)c(OC)c1. The van der Waals surface area contributed by atoms with Gasteiger partial charge in [0.05, 0.1) is 25.7 Å². The van der Waals surface area contributed by atoms with Crippen LogP contribution in [0.15, 0.2) is 23.2 Å². The number of rotatable bonds is 4. The van der Waals surface area contributed by atoms with Crippen molar-refractivity contribution in [3.8, 4) is 5.75 Å². The minimum atomic E-state index is -0.441. The Balaban J connectivity index is 3.14. The normalized spacial score (nSPS) is 11.1. The number of hydrogen-bond donors (Lipinski definition) is 1. The molecule has 0 spiro atoms. The van der Waals surface area contributed by atoms with Crippen molar-refractivity contribution in [2.45, 2.75) is 0 Å². The lowest BCUT2D eigenvalue weighted by Crippen LogP contribution is -2.12. The lowest BCUT2D eigenvalue weighted by molar-refractivity contribution is 0.0600. The van der Waals surface area contributed by atoms with E-state index >= 15 is 0 Å². The Kier molecular flexibility index (Phi) is 4.78. The number of nitrogens with zero attached hydrogens (tertiary/aromatic N) is 1. The van der Waals surface area contributed by atoms with Gasteiger partial charge >= 0.3 is 5.97 Å². The first-order valence-corrected chi connectivity index (χ1v) is 5.31. The quantitative estimate of drug-likeness (QED) is 0.385. The van der Waals surface area contributed by atoms with Gasteiger partial charge in [0.25, 0.3) is 0 Å². The standard InChI is InChI=1S/C11H13ClN2O3/c1-16-9-5-7(11(15)17-2)3-4-8(9)14-10(13)6-12/h3-5H,6H2,1-2H3,(H2,13,14). The second-order valence-corrected chi connectivity index (χ2v) is 3.38. The summed E-state index contributed by atoms with van der Waals surface area (Å²) in [5.41, 5.74) is 6.42. The molecule has 6 heteroatoms. The summed E-state index contributed by atoms with van der Waals surface area (Å²) in [6, 6.07) is 4.73. The number of benzene rings is 1. The monoisotopic (exact) mass is 256 g/mol. The van der Waals surface area contributed by atoms with Crippen LogP contribution in [0, 0.1) is 0 Å². The highest BCUT2D eigenvalue weighted by atomic mass is 35.5. The van der Waals surface area contributed by atoms with Gasteiger partial charge in [0, 0.05) is 0 Å². The summed E-state index contributed by atoms with van der Waals surface area (Å²) in [7, 11) is 2.79. The lowest BCUT2D eigenvalue weighted by Gasteiger charge is -2.07. The van der Waals surface area contributed by atoms with Crippen molar-refractivity contribution < 1.29 is 14.3 Å². The van der Waals surface area contributed by atoms with Crippen LogP contribution in [-0.4, -0.2) is 31.9 Å². The fraction of sp³-hybridized carbons (Fsp3) is 0.273. The third-order valence-corrected chi connectivity index (χ3v) is 2.28. The van der Waals surface area contributed by atoms with Crippen LogP contribution in [0.3, 0.4) is 0 Å². The van der Waals surface area contributed by atoms with Crippen LogP contribution in [0.5, 0.6) is 5.75 Å². The third kappa shape index (κ3) is 3.35. The van der Waals surface area contributed by atoms with Crippen LogP contribution in [0.4, 0.5) is 5.69 Å². The molecule has 0 aromatic heterocycles. The van der Waals surface area contributed by atoms with Crippen LogP contribution in [0.1, 0.15) is 10.4 Å². The molecular weight excluding hydrogens is 244 g/mol. The first-order valence-electron chi connectivity index (χ1n) is 4.77. The zero-order chi connectivity index (χ0) is 12.8. The molecule has 92 valence electrons. The average Bonchev–Trinajstić information content (AvgIpc) is 2.37. The molecule has 0 radical (unpaired) electrons. The van der Waals surface area contributed by atoms with Gasteiger partial charge in [0.1, 0.15) is 17.3 Å². The van der Waals surface area contributed by atoms with Gasteiger partial charge in [0.15, 0.2) is 0 Å². The molecule has 0 unspecified atom stereocenters. The summed E-state index contributed by atoms with van der Waals surface area (Å²) in [4.78, 5) is 15.4. The zero-order valence-electron chi connectivity index (χ0n) is 9.57. The Hall–Kier alpha value is -1.75. The van der Waals surface area contributed by atoms with E-state index in [0.29, 0.717) is 17.0 Å². The topological polar surface area (TPSA) is 73.9 Å². The summed E-state index contributed by atoms with van der Waals surface area (Å²) < 4.78 is 9.71. The first-order chi connectivity index (χ1) is 8.12. The summed E-state index contributed by atoms with van der Waals surface area (Å²) in [6.07, 6.45) is 0. The number of esters is 1. The molecule has 0 saturated carbocycles. The second kappa shape index (κ2) is 6.10. The summed E-state index contributed by atoms with van der Waals surface area (Å²) in [5, 5.41) is 0. The Morgan fingerprint density at radius 2 is 2.18 bits per heavy atom. The van der Waals surface area contributed by atoms with Crippen molar-refractivity contribution in [3.63, 3.8) is 0 Å². The van der Waals surface area contributed by atoms with Crippen molar-refractivity contribution in [2.24, 2.45) is 10.7 Å². The Morgan fingerprint density at radius 3 is 2.71 bits per heavy atom. The minimum absolute atomic E-state index is 0.127. The number of aliphatic imine (C=N–C) groups is 1. The molecule has 0 fully saturated rings. The van der Waals surface area contributed by atoms with Crippen LogP contribution < -0.4 is 10.5 Å². The maximum atomic E-state index is 11.3. The van der Waals surface area contributed by atoms with E-state index in [1.54, 1.807) is 12.1 Å². The smallest absolute Gasteiger partial charge is 0.337 e. The highest BCUT2D eigenvalue weighted by Gasteiger charge is 2.10. The van der Waals surface area contributed by atoms with Crippen LogP contribution in [-0.2, 0) is 4.74 Å². The average molecular weight is 257 g/mol. The van der Waals surface area contributed by atoms with Crippen molar-refractivity contribution in [1.82, 2.24) is 0 Å². The Bertz CT molecular complexity index is 446. The molecule has 5 nitrogen and oxygen atoms in total. The molecule has 0 saturated heterocycles. The van der Waals surface area contributed by atoms with Gasteiger partial charge in [-0.25, -0.2) is 9.79 Å². The van der Waals surface area contributed by atoms with Gasteiger partial charge in [-0.2, -0.15) is 0 Å². The van der Waals surface area contributed by atoms with Crippen LogP contribution in [0.2, 0.25) is 0 Å². The van der Waals surface area contributed by atoms with Gasteiger partial charge in [-0.3, -0.25) is 0 Å². The van der Waals surface area contributed by atoms with E-state index in [9.17, 15) is 4.79 Å². The number of hydrogen-bond acceptors (Lipinski definition) is 4. The van der Waals surface area contributed by atoms with E-state index < -0.39 is 5.97 Å². The molecule has 0 aliphatic carbocycles. The number of halogens is 1. The number of alkyl halides is 1. The van der Waals surface area contributed by atoms with Gasteiger partial charge in [-0.15, -0.1) is 11.6 Å². The van der Waals surface area contributed by atoms with Gasteiger partial charge in [-0.1, -0.05) is 0 Å². The maximum absolute atomic E-state index is 11.3. The molecule has 0 aliphatic heterocycles. The Labute approximate surface area is 104 Å². The van der Waals surface area contributed by atoms with E-state index in [-0.39, 0.29) is 11.7 Å². The van der Waals surface area contributed by atoms with Crippen molar-refractivity contribution in [1.29, 1.82) is 0 Å². The van der Waals surface area contributed by atoms with Gasteiger partial charge in [0.2, 0.25) is 0 Å². The molecule has 1 aromatic carbocycles. The molecule has 0 atom stereocenters. The summed E-state index contributed by atoms with van der Waals surface area (Å²) in [6.45, 7) is 0.